The Morgan fingerprint density at radius 1 is 1.12 bits per heavy atom. The summed E-state index contributed by atoms with van der Waals surface area (Å²) in [4.78, 5) is 13.0. The molecule has 2 aromatic carbocycles. The number of carbonyl (C=O) groups excluding carboxylic acids is 1. The smallest absolute Gasteiger partial charge is 0.261 e. The molecule has 2 N–H and O–H groups in total. The maximum atomic E-state index is 13.0. The highest BCUT2D eigenvalue weighted by Gasteiger charge is 2.31. The van der Waals surface area contributed by atoms with Crippen molar-refractivity contribution in [1.82, 2.24) is 10.7 Å². The minimum Gasteiger partial charge on any atom is -0.298 e. The highest BCUT2D eigenvalue weighted by atomic mass is 16.2. The predicted molar refractivity (Wildman–Crippen MR) is 133 cm³/mol. The fourth-order valence-electron chi connectivity index (χ4n) is 4.32. The van der Waals surface area contributed by atoms with Crippen LogP contribution in [0.25, 0.3) is 0 Å². The lowest BCUT2D eigenvalue weighted by Crippen LogP contribution is -2.35. The van der Waals surface area contributed by atoms with Crippen LogP contribution in [0.4, 0.5) is 0 Å². The van der Waals surface area contributed by atoms with Crippen molar-refractivity contribution in [2.45, 2.75) is 53.1 Å². The van der Waals surface area contributed by atoms with Crippen LogP contribution in [-0.4, -0.2) is 12.1 Å². The van der Waals surface area contributed by atoms with E-state index in [-0.39, 0.29) is 11.3 Å². The van der Waals surface area contributed by atoms with Gasteiger partial charge in [0.15, 0.2) is 0 Å². The first-order chi connectivity index (χ1) is 15.4. The van der Waals surface area contributed by atoms with Gasteiger partial charge in [-0.2, -0.15) is 5.10 Å². The Morgan fingerprint density at radius 2 is 1.78 bits per heavy atom. The van der Waals surface area contributed by atoms with Crippen molar-refractivity contribution in [2.24, 2.45) is 16.4 Å². The molecule has 2 aromatic rings. The van der Waals surface area contributed by atoms with Crippen LogP contribution in [-0.2, 0) is 11.3 Å². The van der Waals surface area contributed by atoms with E-state index in [1.807, 2.05) is 67.6 Å². The monoisotopic (exact) mass is 429 g/mol. The third-order valence-corrected chi connectivity index (χ3v) is 6.21. The zero-order valence-corrected chi connectivity index (χ0v) is 19.6. The zero-order valence-electron chi connectivity index (χ0n) is 19.6. The van der Waals surface area contributed by atoms with Crippen LogP contribution in [0.2, 0.25) is 0 Å². The summed E-state index contributed by atoms with van der Waals surface area (Å²) in [6, 6.07) is 19.3. The fraction of sp³-hybridized carbons (Fsp3) is 0.357. The molecule has 4 heteroatoms. The molecule has 2 atom stereocenters. The third kappa shape index (κ3) is 6.51. The maximum Gasteiger partial charge on any atom is 0.261 e. The molecule has 0 radical (unpaired) electrons. The quantitative estimate of drug-likeness (QED) is 0.310. The molecule has 0 bridgehead atoms. The maximum absolute atomic E-state index is 13.0. The molecule has 1 aliphatic rings. The molecule has 1 aliphatic carbocycles. The number of hydrazone groups is 1. The summed E-state index contributed by atoms with van der Waals surface area (Å²) in [7, 11) is 0. The lowest BCUT2D eigenvalue weighted by molar-refractivity contribution is -0.123. The summed E-state index contributed by atoms with van der Waals surface area (Å²) in [5.41, 5.74) is 7.46. The second kappa shape index (κ2) is 11.1. The molecule has 0 heterocycles. The van der Waals surface area contributed by atoms with Crippen molar-refractivity contribution >= 4 is 12.1 Å². The van der Waals surface area contributed by atoms with E-state index in [9.17, 15) is 4.79 Å². The minimum absolute atomic E-state index is 0.176. The van der Waals surface area contributed by atoms with E-state index >= 15 is 0 Å². The number of nitrogens with one attached hydrogen (secondary N) is 2. The van der Waals surface area contributed by atoms with E-state index in [4.69, 9.17) is 0 Å². The SMILES string of the molecule is CC1=CCCC(C)(C)[C@@H]1/C=C(C)/C=N\NC(=O)[C@H](NCc1ccccc1)c1ccccc1. The lowest BCUT2D eigenvalue weighted by atomic mass is 9.68. The van der Waals surface area contributed by atoms with Crippen LogP contribution >= 0.6 is 0 Å². The van der Waals surface area contributed by atoms with Crippen molar-refractivity contribution in [3.63, 3.8) is 0 Å². The van der Waals surface area contributed by atoms with Gasteiger partial charge in [-0.05, 0) is 48.8 Å². The molecule has 0 spiro atoms. The minimum atomic E-state index is -0.486. The Balaban J connectivity index is 1.67. The summed E-state index contributed by atoms with van der Waals surface area (Å²) >= 11 is 0. The average molecular weight is 430 g/mol. The van der Waals surface area contributed by atoms with E-state index in [0.29, 0.717) is 12.5 Å². The normalized spacial score (nSPS) is 19.4. The van der Waals surface area contributed by atoms with E-state index in [0.717, 1.165) is 23.1 Å². The number of nitrogens with zero attached hydrogens (tertiary/aromatic N) is 1. The van der Waals surface area contributed by atoms with Crippen LogP contribution in [0.15, 0.2) is 89.1 Å². The molecule has 168 valence electrons. The molecule has 0 aromatic heterocycles. The Labute approximate surface area is 192 Å². The van der Waals surface area contributed by atoms with Gasteiger partial charge in [-0.3, -0.25) is 10.1 Å². The number of rotatable bonds is 8. The van der Waals surface area contributed by atoms with Gasteiger partial charge in [0.25, 0.3) is 5.91 Å². The number of hydrogen-bond acceptors (Lipinski definition) is 3. The molecule has 0 fully saturated rings. The standard InChI is InChI=1S/C28H35N3O/c1-21(18-25-22(2)12-11-17-28(25,3)4)19-30-31-27(32)26(24-15-9-6-10-16-24)29-20-23-13-7-5-8-14-23/h5-10,12-16,18-19,25-26,29H,11,17,20H2,1-4H3,(H,31,32)/b21-18+,30-19-/t25-,26-/m1/s1. The molecule has 0 saturated heterocycles. The van der Waals surface area contributed by atoms with Gasteiger partial charge in [0.2, 0.25) is 0 Å². The first kappa shape index (κ1) is 23.7. The topological polar surface area (TPSA) is 53.5 Å². The first-order valence-corrected chi connectivity index (χ1v) is 11.4. The largest absolute Gasteiger partial charge is 0.298 e. The molecular formula is C28H35N3O. The Hall–Kier alpha value is -2.98. The van der Waals surface area contributed by atoms with Crippen LogP contribution in [0.3, 0.4) is 0 Å². The van der Waals surface area contributed by atoms with Gasteiger partial charge in [0.05, 0.1) is 0 Å². The van der Waals surface area contributed by atoms with Crippen molar-refractivity contribution < 1.29 is 4.79 Å². The lowest BCUT2D eigenvalue weighted by Gasteiger charge is -2.37. The Bertz CT molecular complexity index is 974. The van der Waals surface area contributed by atoms with E-state index < -0.39 is 6.04 Å². The first-order valence-electron chi connectivity index (χ1n) is 11.4. The summed E-state index contributed by atoms with van der Waals surface area (Å²) in [5.74, 6) is 0.216. The van der Waals surface area contributed by atoms with Crippen molar-refractivity contribution in [1.29, 1.82) is 0 Å². The molecule has 32 heavy (non-hydrogen) atoms. The van der Waals surface area contributed by atoms with Gasteiger partial charge in [-0.1, -0.05) is 92.2 Å². The molecule has 4 nitrogen and oxygen atoms in total. The number of benzene rings is 2. The third-order valence-electron chi connectivity index (χ3n) is 6.21. The van der Waals surface area contributed by atoms with Gasteiger partial charge in [0, 0.05) is 18.7 Å². The molecule has 3 rings (SSSR count). The van der Waals surface area contributed by atoms with Gasteiger partial charge in [-0.25, -0.2) is 5.43 Å². The highest BCUT2D eigenvalue weighted by molar-refractivity contribution is 5.85. The summed E-state index contributed by atoms with van der Waals surface area (Å²) in [5, 5.41) is 7.62. The number of allylic oxidation sites excluding steroid dienone is 4. The van der Waals surface area contributed by atoms with Gasteiger partial charge in [-0.15, -0.1) is 0 Å². The van der Waals surface area contributed by atoms with Crippen molar-refractivity contribution in [3.8, 4) is 0 Å². The van der Waals surface area contributed by atoms with Crippen LogP contribution in [0, 0.1) is 11.3 Å². The molecule has 0 aliphatic heterocycles. The summed E-state index contributed by atoms with van der Waals surface area (Å²) in [6.07, 6.45) is 8.67. The second-order valence-corrected chi connectivity index (χ2v) is 9.31. The molecule has 0 saturated carbocycles. The van der Waals surface area contributed by atoms with Crippen molar-refractivity contribution in [2.75, 3.05) is 0 Å². The predicted octanol–water partition coefficient (Wildman–Crippen LogP) is 5.95. The Morgan fingerprint density at radius 3 is 2.44 bits per heavy atom. The number of carbonyl (C=O) groups is 1. The van der Waals surface area contributed by atoms with Crippen LogP contribution < -0.4 is 10.7 Å². The van der Waals surface area contributed by atoms with Gasteiger partial charge in [0.1, 0.15) is 6.04 Å². The second-order valence-electron chi connectivity index (χ2n) is 9.31. The molecule has 0 unspecified atom stereocenters. The van der Waals surface area contributed by atoms with E-state index in [2.05, 4.69) is 48.8 Å². The summed E-state index contributed by atoms with van der Waals surface area (Å²) in [6.45, 7) is 9.48. The molecular weight excluding hydrogens is 394 g/mol. The van der Waals surface area contributed by atoms with Crippen LogP contribution in [0.5, 0.6) is 0 Å². The van der Waals surface area contributed by atoms with Crippen LogP contribution in [0.1, 0.15) is 57.7 Å². The summed E-state index contributed by atoms with van der Waals surface area (Å²) < 4.78 is 0. The van der Waals surface area contributed by atoms with Crippen molar-refractivity contribution in [3.05, 3.63) is 95.1 Å². The number of amides is 1. The van der Waals surface area contributed by atoms with E-state index in [1.54, 1.807) is 6.21 Å². The molecule has 1 amide bonds. The van der Waals surface area contributed by atoms with E-state index in [1.165, 1.54) is 12.0 Å². The zero-order chi connectivity index (χ0) is 23.0. The average Bonchev–Trinajstić information content (AvgIpc) is 2.78. The van der Waals surface area contributed by atoms with Gasteiger partial charge < -0.3 is 0 Å². The number of hydrogen-bond donors (Lipinski definition) is 2. The highest BCUT2D eigenvalue weighted by Crippen LogP contribution is 2.41. The fourth-order valence-corrected chi connectivity index (χ4v) is 4.32. The Kier molecular flexibility index (Phi) is 8.18. The van der Waals surface area contributed by atoms with Gasteiger partial charge >= 0.3 is 0 Å².